The van der Waals surface area contributed by atoms with Gasteiger partial charge in [-0.05, 0) is 12.8 Å². The number of rotatable bonds is 3. The summed E-state index contributed by atoms with van der Waals surface area (Å²) in [5.41, 5.74) is 1.41. The lowest BCUT2D eigenvalue weighted by Crippen LogP contribution is -2.35. The first kappa shape index (κ1) is 8.38. The van der Waals surface area contributed by atoms with Gasteiger partial charge in [0, 0.05) is 23.2 Å². The van der Waals surface area contributed by atoms with Crippen molar-refractivity contribution in [2.24, 2.45) is 0 Å². The minimum atomic E-state index is 0.686. The fourth-order valence-electron chi connectivity index (χ4n) is 0.893. The summed E-state index contributed by atoms with van der Waals surface area (Å²) in [4.78, 5) is 0. The van der Waals surface area contributed by atoms with E-state index in [0.717, 1.165) is 6.54 Å². The van der Waals surface area contributed by atoms with Crippen LogP contribution in [0.5, 0.6) is 0 Å². The molecule has 1 rings (SSSR count). The van der Waals surface area contributed by atoms with Crippen LogP contribution in [0, 0.1) is 0 Å². The van der Waals surface area contributed by atoms with Crippen LogP contribution in [0.2, 0.25) is 0 Å². The van der Waals surface area contributed by atoms with E-state index in [4.69, 9.17) is 23.2 Å². The highest BCUT2D eigenvalue weighted by atomic mass is 35.5. The van der Waals surface area contributed by atoms with E-state index in [9.17, 15) is 0 Å². The van der Waals surface area contributed by atoms with Crippen LogP contribution >= 0.6 is 23.2 Å². The molecule has 0 unspecified atom stereocenters. The van der Waals surface area contributed by atoms with E-state index in [1.807, 2.05) is 0 Å². The Morgan fingerprint density at radius 2 is 2.30 bits per heavy atom. The Balaban J connectivity index is 2.04. The van der Waals surface area contributed by atoms with E-state index in [1.165, 1.54) is 24.8 Å². The molecule has 10 heavy (non-hydrogen) atoms. The third-order valence-electron chi connectivity index (χ3n) is 1.78. The zero-order valence-electron chi connectivity index (χ0n) is 5.74. The van der Waals surface area contributed by atoms with Gasteiger partial charge in [-0.3, -0.25) is 0 Å². The first-order chi connectivity index (χ1) is 4.83. The van der Waals surface area contributed by atoms with E-state index >= 15 is 0 Å². The Labute approximate surface area is 71.4 Å². The molecule has 1 nitrogen and oxygen atoms in total. The van der Waals surface area contributed by atoms with Gasteiger partial charge in [-0.15, -0.1) is 0 Å². The van der Waals surface area contributed by atoms with Gasteiger partial charge in [-0.2, -0.15) is 0 Å². The van der Waals surface area contributed by atoms with Gasteiger partial charge < -0.3 is 5.32 Å². The third-order valence-corrected chi connectivity index (χ3v) is 2.40. The fraction of sp³-hybridized carbons (Fsp3) is 0.714. The van der Waals surface area contributed by atoms with Gasteiger partial charge in [0.2, 0.25) is 0 Å². The van der Waals surface area contributed by atoms with E-state index < -0.39 is 0 Å². The summed E-state index contributed by atoms with van der Waals surface area (Å²) in [5.74, 6) is 0. The quantitative estimate of drug-likeness (QED) is 0.703. The molecule has 0 bridgehead atoms. The smallest absolute Gasteiger partial charge is 0.0431 e. The first-order valence-corrected chi connectivity index (χ1v) is 4.32. The molecule has 0 radical (unpaired) electrons. The topological polar surface area (TPSA) is 12.0 Å². The molecule has 0 aliphatic heterocycles. The standard InChI is InChI=1S/C7H11Cl2N/c8-4-6(9)5-10-7-2-1-3-7/h4,7,10H,1-3,5H2/b6-4+. The lowest BCUT2D eigenvalue weighted by Gasteiger charge is -2.26. The highest BCUT2D eigenvalue weighted by Gasteiger charge is 2.15. The van der Waals surface area contributed by atoms with Gasteiger partial charge in [-0.25, -0.2) is 0 Å². The van der Waals surface area contributed by atoms with Crippen LogP contribution in [0.15, 0.2) is 10.6 Å². The molecular formula is C7H11Cl2N. The van der Waals surface area contributed by atoms with Crippen LogP contribution in [0.25, 0.3) is 0 Å². The van der Waals surface area contributed by atoms with Gasteiger partial charge >= 0.3 is 0 Å². The van der Waals surface area contributed by atoms with Crippen molar-refractivity contribution in [2.45, 2.75) is 25.3 Å². The van der Waals surface area contributed by atoms with Crippen molar-refractivity contribution in [1.29, 1.82) is 0 Å². The minimum absolute atomic E-state index is 0.686. The number of halogens is 2. The van der Waals surface area contributed by atoms with E-state index in [2.05, 4.69) is 5.32 Å². The predicted octanol–water partition coefficient (Wildman–Crippen LogP) is 2.45. The first-order valence-electron chi connectivity index (χ1n) is 3.51. The molecule has 0 saturated heterocycles. The van der Waals surface area contributed by atoms with Crippen molar-refractivity contribution >= 4 is 23.2 Å². The van der Waals surface area contributed by atoms with E-state index in [-0.39, 0.29) is 0 Å². The van der Waals surface area contributed by atoms with Crippen molar-refractivity contribution in [3.05, 3.63) is 10.6 Å². The van der Waals surface area contributed by atoms with Crippen LogP contribution < -0.4 is 5.32 Å². The van der Waals surface area contributed by atoms with E-state index in [1.54, 1.807) is 0 Å². The summed E-state index contributed by atoms with van der Waals surface area (Å²) in [6.45, 7) is 0.718. The zero-order chi connectivity index (χ0) is 7.40. The number of hydrogen-bond acceptors (Lipinski definition) is 1. The van der Waals surface area contributed by atoms with Crippen LogP contribution in [-0.2, 0) is 0 Å². The lowest BCUT2D eigenvalue weighted by molar-refractivity contribution is 0.351. The maximum absolute atomic E-state index is 5.66. The summed E-state index contributed by atoms with van der Waals surface area (Å²) in [5, 5.41) is 3.97. The summed E-state index contributed by atoms with van der Waals surface area (Å²) in [7, 11) is 0. The van der Waals surface area contributed by atoms with Crippen LogP contribution in [0.4, 0.5) is 0 Å². The molecule has 1 fully saturated rings. The molecule has 1 aliphatic rings. The molecule has 0 heterocycles. The second-order valence-electron chi connectivity index (χ2n) is 2.56. The maximum atomic E-state index is 5.66. The van der Waals surface area contributed by atoms with Gasteiger partial charge in [0.05, 0.1) is 0 Å². The highest BCUT2D eigenvalue weighted by Crippen LogP contribution is 2.18. The average Bonchev–Trinajstić information content (AvgIpc) is 1.84. The largest absolute Gasteiger partial charge is 0.309 e. The maximum Gasteiger partial charge on any atom is 0.0431 e. The monoisotopic (exact) mass is 179 g/mol. The molecule has 3 heteroatoms. The van der Waals surface area contributed by atoms with Gasteiger partial charge in [0.1, 0.15) is 0 Å². The molecule has 1 saturated carbocycles. The third kappa shape index (κ3) is 2.49. The molecule has 0 atom stereocenters. The van der Waals surface area contributed by atoms with Crippen molar-refractivity contribution < 1.29 is 0 Å². The van der Waals surface area contributed by atoms with Crippen molar-refractivity contribution in [3.8, 4) is 0 Å². The van der Waals surface area contributed by atoms with Crippen LogP contribution in [0.3, 0.4) is 0 Å². The Kier molecular flexibility index (Phi) is 3.53. The van der Waals surface area contributed by atoms with Gasteiger partial charge in [0.25, 0.3) is 0 Å². The minimum Gasteiger partial charge on any atom is -0.309 e. The SMILES string of the molecule is Cl/C=C(/Cl)CNC1CCC1. The predicted molar refractivity (Wildman–Crippen MR) is 45.4 cm³/mol. The van der Waals surface area contributed by atoms with Gasteiger partial charge in [0.15, 0.2) is 0 Å². The zero-order valence-corrected chi connectivity index (χ0v) is 7.25. The van der Waals surface area contributed by atoms with Crippen molar-refractivity contribution in [1.82, 2.24) is 5.32 Å². The molecule has 0 aromatic heterocycles. The lowest BCUT2D eigenvalue weighted by atomic mass is 9.93. The Morgan fingerprint density at radius 1 is 1.60 bits per heavy atom. The normalized spacial score (nSPS) is 20.8. The number of hydrogen-bond donors (Lipinski definition) is 1. The van der Waals surface area contributed by atoms with Crippen molar-refractivity contribution in [2.75, 3.05) is 6.54 Å². The summed E-state index contributed by atoms with van der Waals surface area (Å²) in [6, 6.07) is 0.686. The second kappa shape index (κ2) is 4.22. The molecular weight excluding hydrogens is 169 g/mol. The highest BCUT2D eigenvalue weighted by molar-refractivity contribution is 6.36. The summed E-state index contributed by atoms with van der Waals surface area (Å²) >= 11 is 11.0. The number of nitrogens with one attached hydrogen (secondary N) is 1. The van der Waals surface area contributed by atoms with E-state index in [0.29, 0.717) is 11.1 Å². The molecule has 0 spiro atoms. The molecule has 0 aromatic rings. The summed E-state index contributed by atoms with van der Waals surface area (Å²) < 4.78 is 0. The molecule has 0 aromatic carbocycles. The van der Waals surface area contributed by atoms with Crippen LogP contribution in [-0.4, -0.2) is 12.6 Å². The molecule has 1 aliphatic carbocycles. The molecule has 0 amide bonds. The average molecular weight is 180 g/mol. The second-order valence-corrected chi connectivity index (χ2v) is 3.27. The fourth-order valence-corrected chi connectivity index (χ4v) is 1.05. The molecule has 58 valence electrons. The summed E-state index contributed by atoms with van der Waals surface area (Å²) in [6.07, 6.45) is 3.92. The Morgan fingerprint density at radius 3 is 2.70 bits per heavy atom. The molecule has 1 N–H and O–H groups in total. The van der Waals surface area contributed by atoms with Crippen LogP contribution in [0.1, 0.15) is 19.3 Å². The van der Waals surface area contributed by atoms with Crippen molar-refractivity contribution in [3.63, 3.8) is 0 Å². The Hall–Kier alpha value is 0.280. The van der Waals surface area contributed by atoms with Gasteiger partial charge in [-0.1, -0.05) is 29.6 Å². The Bertz CT molecular complexity index is 130.